The van der Waals surface area contributed by atoms with Gasteiger partial charge < -0.3 is 0 Å². The van der Waals surface area contributed by atoms with Crippen molar-refractivity contribution in [3.05, 3.63) is 0 Å². The molecule has 0 atom stereocenters. The molecule has 1 rings (SSSR count). The largest absolute Gasteiger partial charge is 0.194 e. The highest BCUT2D eigenvalue weighted by atomic mass is 15.1. The molecular weight excluding hydrogens is 148 g/mol. The predicted octanol–water partition coefficient (Wildman–Crippen LogP) is 3.57. The number of hydrogen-bond donors (Lipinski definition) is 0. The Hall–Kier alpha value is -0.400. The molecule has 0 aromatic carbocycles. The second-order valence-corrected chi connectivity index (χ2v) is 3.56. The van der Waals surface area contributed by atoms with E-state index in [2.05, 4.69) is 10.2 Å². The van der Waals surface area contributed by atoms with Crippen LogP contribution in [0.1, 0.15) is 51.4 Å². The maximum Gasteiger partial charge on any atom is 0.0598 e. The molecule has 0 spiro atoms. The van der Waals surface area contributed by atoms with E-state index in [-0.39, 0.29) is 0 Å². The van der Waals surface area contributed by atoms with Crippen molar-refractivity contribution in [3.63, 3.8) is 0 Å². The van der Waals surface area contributed by atoms with E-state index in [4.69, 9.17) is 0 Å². The van der Waals surface area contributed by atoms with Crippen molar-refractivity contribution in [3.8, 4) is 0 Å². The highest BCUT2D eigenvalue weighted by molar-refractivity contribution is 4.51. The summed E-state index contributed by atoms with van der Waals surface area (Å²) in [5.41, 5.74) is 0. The van der Waals surface area contributed by atoms with Crippen LogP contribution in [-0.4, -0.2) is 13.1 Å². The van der Waals surface area contributed by atoms with Crippen LogP contribution in [0.5, 0.6) is 0 Å². The molecule has 2 nitrogen and oxygen atoms in total. The SMILES string of the molecule is C1CCCCC/N=N\CCCC1. The molecule has 0 saturated heterocycles. The summed E-state index contributed by atoms with van der Waals surface area (Å²) in [5, 5.41) is 8.26. The maximum absolute atomic E-state index is 4.13. The van der Waals surface area contributed by atoms with Crippen molar-refractivity contribution < 1.29 is 0 Å². The highest BCUT2D eigenvalue weighted by Gasteiger charge is 1.93. The minimum absolute atomic E-state index is 0.958. The molecule has 0 aromatic rings. The van der Waals surface area contributed by atoms with Gasteiger partial charge in [0.25, 0.3) is 0 Å². The summed E-state index contributed by atoms with van der Waals surface area (Å²) in [6.45, 7) is 1.92. The molecule has 0 radical (unpaired) electrons. The van der Waals surface area contributed by atoms with Crippen LogP contribution in [0.15, 0.2) is 10.2 Å². The van der Waals surface area contributed by atoms with E-state index in [1.165, 1.54) is 51.4 Å². The Morgan fingerprint density at radius 3 is 1.17 bits per heavy atom. The second-order valence-electron chi connectivity index (χ2n) is 3.56. The number of azo groups is 1. The Labute approximate surface area is 75.5 Å². The summed E-state index contributed by atoms with van der Waals surface area (Å²) in [4.78, 5) is 0. The lowest BCUT2D eigenvalue weighted by atomic mass is 10.1. The van der Waals surface area contributed by atoms with Gasteiger partial charge in [-0.3, -0.25) is 0 Å². The lowest BCUT2D eigenvalue weighted by Gasteiger charge is -2.01. The lowest BCUT2D eigenvalue weighted by Crippen LogP contribution is -1.87. The average molecular weight is 168 g/mol. The molecule has 0 N–H and O–H groups in total. The van der Waals surface area contributed by atoms with E-state index in [1.807, 2.05) is 0 Å². The van der Waals surface area contributed by atoms with Gasteiger partial charge in [0.1, 0.15) is 0 Å². The Bertz CT molecular complexity index is 107. The first kappa shape index (κ1) is 9.69. The van der Waals surface area contributed by atoms with Crippen LogP contribution >= 0.6 is 0 Å². The quantitative estimate of drug-likeness (QED) is 0.528. The number of rotatable bonds is 0. The zero-order valence-electron chi connectivity index (χ0n) is 7.97. The summed E-state index contributed by atoms with van der Waals surface area (Å²) in [7, 11) is 0. The summed E-state index contributed by atoms with van der Waals surface area (Å²) in [5.74, 6) is 0. The van der Waals surface area contributed by atoms with Crippen LogP contribution in [0.2, 0.25) is 0 Å². The van der Waals surface area contributed by atoms with Crippen LogP contribution in [-0.2, 0) is 0 Å². The van der Waals surface area contributed by atoms with Gasteiger partial charge in [-0.05, 0) is 12.8 Å². The van der Waals surface area contributed by atoms with Crippen molar-refractivity contribution in [2.75, 3.05) is 13.1 Å². The first-order valence-electron chi connectivity index (χ1n) is 5.33. The molecule has 1 aliphatic heterocycles. The molecule has 1 aliphatic rings. The fraction of sp³-hybridized carbons (Fsp3) is 1.00. The van der Waals surface area contributed by atoms with Gasteiger partial charge in [-0.2, -0.15) is 10.2 Å². The van der Waals surface area contributed by atoms with Gasteiger partial charge in [-0.1, -0.05) is 38.5 Å². The van der Waals surface area contributed by atoms with Gasteiger partial charge >= 0.3 is 0 Å². The van der Waals surface area contributed by atoms with Gasteiger partial charge in [0.05, 0.1) is 13.1 Å². The molecule has 0 fully saturated rings. The topological polar surface area (TPSA) is 24.7 Å². The molecule has 0 saturated carbocycles. The normalized spacial score (nSPS) is 25.3. The first-order valence-corrected chi connectivity index (χ1v) is 5.33. The average Bonchev–Trinajstić information content (AvgIpc) is 2.05. The van der Waals surface area contributed by atoms with Gasteiger partial charge in [0, 0.05) is 0 Å². The van der Waals surface area contributed by atoms with E-state index in [1.54, 1.807) is 0 Å². The molecule has 2 heteroatoms. The van der Waals surface area contributed by atoms with Gasteiger partial charge in [0.15, 0.2) is 0 Å². The van der Waals surface area contributed by atoms with E-state index in [0.717, 1.165) is 13.1 Å². The third-order valence-corrected chi connectivity index (χ3v) is 2.37. The number of nitrogens with zero attached hydrogens (tertiary/aromatic N) is 2. The molecule has 12 heavy (non-hydrogen) atoms. The third-order valence-electron chi connectivity index (χ3n) is 2.37. The smallest absolute Gasteiger partial charge is 0.0598 e. The Morgan fingerprint density at radius 1 is 0.417 bits per heavy atom. The van der Waals surface area contributed by atoms with E-state index in [0.29, 0.717) is 0 Å². The van der Waals surface area contributed by atoms with Crippen LogP contribution in [0.25, 0.3) is 0 Å². The van der Waals surface area contributed by atoms with Crippen molar-refractivity contribution in [1.82, 2.24) is 0 Å². The summed E-state index contributed by atoms with van der Waals surface area (Å²) >= 11 is 0. The fourth-order valence-corrected chi connectivity index (χ4v) is 1.57. The zero-order chi connectivity index (χ0) is 8.49. The fourth-order valence-electron chi connectivity index (χ4n) is 1.57. The van der Waals surface area contributed by atoms with E-state index < -0.39 is 0 Å². The molecule has 70 valence electrons. The van der Waals surface area contributed by atoms with Crippen LogP contribution < -0.4 is 0 Å². The van der Waals surface area contributed by atoms with Crippen LogP contribution in [0.4, 0.5) is 0 Å². The Kier molecular flexibility index (Phi) is 5.86. The zero-order valence-corrected chi connectivity index (χ0v) is 7.97. The monoisotopic (exact) mass is 168 g/mol. The first-order chi connectivity index (χ1) is 6.00. The number of hydrogen-bond acceptors (Lipinski definition) is 2. The third kappa shape index (κ3) is 5.28. The van der Waals surface area contributed by atoms with Gasteiger partial charge in [0.2, 0.25) is 0 Å². The summed E-state index contributed by atoms with van der Waals surface area (Å²) < 4.78 is 0. The molecule has 0 aromatic heterocycles. The van der Waals surface area contributed by atoms with Crippen molar-refractivity contribution >= 4 is 0 Å². The highest BCUT2D eigenvalue weighted by Crippen LogP contribution is 2.09. The maximum atomic E-state index is 4.13. The Balaban J connectivity index is 2.10. The molecule has 0 unspecified atom stereocenters. The summed E-state index contributed by atoms with van der Waals surface area (Å²) in [6.07, 6.45) is 10.8. The van der Waals surface area contributed by atoms with Gasteiger partial charge in [-0.25, -0.2) is 0 Å². The molecule has 0 aliphatic carbocycles. The molecule has 0 amide bonds. The van der Waals surface area contributed by atoms with E-state index >= 15 is 0 Å². The van der Waals surface area contributed by atoms with Crippen molar-refractivity contribution in [2.24, 2.45) is 10.2 Å². The predicted molar refractivity (Wildman–Crippen MR) is 51.5 cm³/mol. The molecular formula is C10H20N2. The van der Waals surface area contributed by atoms with Crippen molar-refractivity contribution in [1.29, 1.82) is 0 Å². The molecule has 0 bridgehead atoms. The Morgan fingerprint density at radius 2 is 0.750 bits per heavy atom. The second kappa shape index (κ2) is 7.26. The summed E-state index contributed by atoms with van der Waals surface area (Å²) in [6, 6.07) is 0. The van der Waals surface area contributed by atoms with E-state index in [9.17, 15) is 0 Å². The van der Waals surface area contributed by atoms with Gasteiger partial charge in [-0.15, -0.1) is 0 Å². The minimum atomic E-state index is 0.958. The standard InChI is InChI=1S/C10H20N2/c1-2-4-6-8-10-12-11-9-7-5-3-1/h1-10H2/b12-11-. The van der Waals surface area contributed by atoms with Crippen molar-refractivity contribution in [2.45, 2.75) is 51.4 Å². The molecule has 1 heterocycles. The minimum Gasteiger partial charge on any atom is -0.194 e. The van der Waals surface area contributed by atoms with Crippen LogP contribution in [0, 0.1) is 0 Å². The lowest BCUT2D eigenvalue weighted by molar-refractivity contribution is 0.555. The van der Waals surface area contributed by atoms with Crippen LogP contribution in [0.3, 0.4) is 0 Å².